The Balaban J connectivity index is 1.11. The summed E-state index contributed by atoms with van der Waals surface area (Å²) in [4.78, 5) is 30.8. The van der Waals surface area contributed by atoms with E-state index < -0.39 is 30.4 Å². The summed E-state index contributed by atoms with van der Waals surface area (Å²) in [5, 5.41) is 1.01. The molecule has 8 heteroatoms. The minimum Gasteiger partial charge on any atom is -0.459 e. The molecule has 3 fully saturated rings. The number of carbonyl (C=O) groups is 2. The van der Waals surface area contributed by atoms with Crippen molar-refractivity contribution in [1.82, 2.24) is 4.98 Å². The van der Waals surface area contributed by atoms with Crippen molar-refractivity contribution in [3.05, 3.63) is 108 Å². The van der Waals surface area contributed by atoms with Crippen molar-refractivity contribution in [2.45, 2.75) is 74.8 Å². The van der Waals surface area contributed by atoms with Gasteiger partial charge in [-0.1, -0.05) is 78.9 Å². The quantitative estimate of drug-likeness (QED) is 0.143. The van der Waals surface area contributed by atoms with Gasteiger partial charge >= 0.3 is 11.9 Å². The van der Waals surface area contributed by atoms with E-state index in [0.29, 0.717) is 29.6 Å². The number of rotatable bonds is 10. The van der Waals surface area contributed by atoms with Crippen LogP contribution in [0.2, 0.25) is 0 Å². The lowest BCUT2D eigenvalue weighted by Crippen LogP contribution is -2.60. The number of aromatic amines is 1. The molecule has 7 rings (SSSR count). The number of aromatic nitrogens is 1. The van der Waals surface area contributed by atoms with Crippen molar-refractivity contribution < 1.29 is 28.3 Å². The van der Waals surface area contributed by atoms with Crippen molar-refractivity contribution in [2.24, 2.45) is 5.73 Å². The number of piperidine rings is 1. The van der Waals surface area contributed by atoms with Crippen molar-refractivity contribution in [1.29, 1.82) is 0 Å². The number of hydrogen-bond donors (Lipinski definition) is 2. The molecule has 0 aliphatic carbocycles. The van der Waals surface area contributed by atoms with Crippen molar-refractivity contribution in [2.75, 3.05) is 19.9 Å². The van der Waals surface area contributed by atoms with E-state index in [1.54, 1.807) is 0 Å². The molecule has 2 unspecified atom stereocenters. The Morgan fingerprint density at radius 3 is 2.11 bits per heavy atom. The molecule has 234 valence electrons. The fraction of sp³-hybridized carbons (Fsp3) is 0.405. The standard InChI is InChI=1S/C37H42N3O5/c38-33(21-26-24-39-34-16-8-7-15-32(26)34)35(41)43-25-44-37(27-11-3-1-4-12-27,28-13-5-2-6-14-28)36(42)45-31-22-29-17-18-30(23-31)40(29)19-9-10-20-40/h1-8,11-16,24,29-31,33,39H,9-10,17-23,25,38H2/q+1/t29?,30?,31?,33-/m0/s1. The topological polar surface area (TPSA) is 104 Å². The van der Waals surface area contributed by atoms with E-state index in [2.05, 4.69) is 4.98 Å². The number of esters is 2. The first-order valence-corrected chi connectivity index (χ1v) is 16.3. The van der Waals surface area contributed by atoms with Crippen LogP contribution in [0.25, 0.3) is 10.9 Å². The average Bonchev–Trinajstić information content (AvgIpc) is 3.76. The fourth-order valence-electron chi connectivity index (χ4n) is 8.42. The summed E-state index contributed by atoms with van der Waals surface area (Å²) in [6.45, 7) is 2.05. The molecular formula is C37H42N3O5+. The summed E-state index contributed by atoms with van der Waals surface area (Å²) >= 11 is 0. The summed E-state index contributed by atoms with van der Waals surface area (Å²) in [5.41, 5.74) is 7.81. The first kappa shape index (κ1) is 29.7. The van der Waals surface area contributed by atoms with Gasteiger partial charge in [-0.25, -0.2) is 4.79 Å². The van der Waals surface area contributed by atoms with E-state index in [9.17, 15) is 9.59 Å². The molecule has 4 heterocycles. The number of ether oxygens (including phenoxy) is 3. The van der Waals surface area contributed by atoms with Crippen LogP contribution in [0.1, 0.15) is 55.2 Å². The van der Waals surface area contributed by atoms with Crippen molar-refractivity contribution in [3.8, 4) is 0 Å². The van der Waals surface area contributed by atoms with Gasteiger partial charge in [0.05, 0.1) is 25.2 Å². The number of nitrogens with one attached hydrogen (secondary N) is 1. The molecule has 3 saturated heterocycles. The molecule has 4 aromatic rings. The van der Waals surface area contributed by atoms with Crippen LogP contribution in [-0.2, 0) is 35.8 Å². The summed E-state index contributed by atoms with van der Waals surface area (Å²) in [7, 11) is 0. The number of benzene rings is 3. The minimum absolute atomic E-state index is 0.179. The van der Waals surface area contributed by atoms with Crippen molar-refractivity contribution >= 4 is 22.8 Å². The number of carbonyl (C=O) groups excluding carboxylic acids is 2. The van der Waals surface area contributed by atoms with E-state index in [0.717, 1.165) is 29.3 Å². The maximum atomic E-state index is 14.5. The van der Waals surface area contributed by atoms with E-state index in [4.69, 9.17) is 19.9 Å². The summed E-state index contributed by atoms with van der Waals surface area (Å²) < 4.78 is 19.7. The Hall–Kier alpha value is -3.98. The zero-order chi connectivity index (χ0) is 30.9. The Bertz CT molecular complexity index is 1580. The van der Waals surface area contributed by atoms with Crippen LogP contribution < -0.4 is 5.73 Å². The van der Waals surface area contributed by atoms with Gasteiger partial charge in [-0.2, -0.15) is 0 Å². The van der Waals surface area contributed by atoms with Crippen LogP contribution in [0.4, 0.5) is 0 Å². The smallest absolute Gasteiger partial charge is 0.348 e. The Kier molecular flexibility index (Phi) is 8.21. The van der Waals surface area contributed by atoms with Crippen molar-refractivity contribution in [3.63, 3.8) is 0 Å². The third kappa shape index (κ3) is 5.45. The van der Waals surface area contributed by atoms with Gasteiger partial charge < -0.3 is 29.4 Å². The first-order chi connectivity index (χ1) is 22.0. The fourth-order valence-corrected chi connectivity index (χ4v) is 8.42. The highest BCUT2D eigenvalue weighted by Crippen LogP contribution is 2.47. The third-order valence-corrected chi connectivity index (χ3v) is 10.6. The summed E-state index contributed by atoms with van der Waals surface area (Å²) in [5.74, 6) is -1.09. The van der Waals surface area contributed by atoms with Gasteiger partial charge in [0.1, 0.15) is 12.1 Å². The van der Waals surface area contributed by atoms with Gasteiger partial charge in [0.15, 0.2) is 6.79 Å². The van der Waals surface area contributed by atoms with E-state index in [-0.39, 0.29) is 6.10 Å². The molecule has 3 aromatic carbocycles. The molecule has 3 atom stereocenters. The van der Waals surface area contributed by atoms with Gasteiger partial charge in [0, 0.05) is 62.0 Å². The lowest BCUT2D eigenvalue weighted by molar-refractivity contribution is -0.956. The Morgan fingerprint density at radius 1 is 0.867 bits per heavy atom. The van der Waals surface area contributed by atoms with E-state index in [1.807, 2.05) is 91.1 Å². The zero-order valence-electron chi connectivity index (χ0n) is 25.6. The minimum atomic E-state index is -1.62. The maximum Gasteiger partial charge on any atom is 0.348 e. The maximum absolute atomic E-state index is 14.5. The van der Waals surface area contributed by atoms with Crippen LogP contribution in [0.15, 0.2) is 91.1 Å². The number of H-pyrrole nitrogens is 1. The number of para-hydroxylation sites is 1. The number of nitrogens with two attached hydrogens (primary N) is 1. The van der Waals surface area contributed by atoms with Crippen LogP contribution in [0, 0.1) is 0 Å². The highest BCUT2D eigenvalue weighted by molar-refractivity contribution is 5.86. The van der Waals surface area contributed by atoms with E-state index in [1.165, 1.54) is 43.3 Å². The summed E-state index contributed by atoms with van der Waals surface area (Å²) in [6.07, 6.45) is 8.73. The SMILES string of the molecule is N[C@@H](Cc1c[nH]c2ccccc12)C(=O)OCOC(C(=O)OC1CC2CCC(C1)[N+]21CCCC1)(c1ccccc1)c1ccccc1. The number of hydrogen-bond acceptors (Lipinski definition) is 6. The number of fused-ring (bicyclic) bond motifs is 1. The molecular weight excluding hydrogens is 566 g/mol. The first-order valence-electron chi connectivity index (χ1n) is 16.3. The third-order valence-electron chi connectivity index (χ3n) is 10.6. The predicted molar refractivity (Wildman–Crippen MR) is 171 cm³/mol. The molecule has 1 spiro atoms. The second-order valence-electron chi connectivity index (χ2n) is 12.9. The largest absolute Gasteiger partial charge is 0.459 e. The molecule has 0 radical (unpaired) electrons. The van der Waals surface area contributed by atoms with Crippen LogP contribution in [0.5, 0.6) is 0 Å². The molecule has 1 aromatic heterocycles. The molecule has 0 amide bonds. The van der Waals surface area contributed by atoms with Gasteiger partial charge in [0.25, 0.3) is 0 Å². The molecule has 45 heavy (non-hydrogen) atoms. The van der Waals surface area contributed by atoms with Gasteiger partial charge in [-0.3, -0.25) is 4.79 Å². The van der Waals surface area contributed by atoms with Crippen LogP contribution in [0.3, 0.4) is 0 Å². The molecule has 2 bridgehead atoms. The molecule has 0 saturated carbocycles. The average molecular weight is 609 g/mol. The lowest BCUT2D eigenvalue weighted by atomic mass is 9.85. The second-order valence-corrected chi connectivity index (χ2v) is 12.9. The predicted octanol–water partition coefficient (Wildman–Crippen LogP) is 5.35. The Labute approximate surface area is 264 Å². The Morgan fingerprint density at radius 2 is 1.47 bits per heavy atom. The highest BCUT2D eigenvalue weighted by Gasteiger charge is 2.57. The zero-order valence-corrected chi connectivity index (χ0v) is 25.6. The molecule has 3 aliphatic rings. The molecule has 3 N–H and O–H groups in total. The normalized spacial score (nSPS) is 22.8. The number of nitrogens with zero attached hydrogens (tertiary/aromatic N) is 1. The van der Waals surface area contributed by atoms with Crippen LogP contribution in [-0.4, -0.2) is 65.5 Å². The second kappa shape index (κ2) is 12.4. The lowest BCUT2D eigenvalue weighted by Gasteiger charge is -2.47. The monoisotopic (exact) mass is 608 g/mol. The summed E-state index contributed by atoms with van der Waals surface area (Å²) in [6, 6.07) is 26.8. The van der Waals surface area contributed by atoms with Crippen LogP contribution >= 0.6 is 0 Å². The van der Waals surface area contributed by atoms with Gasteiger partial charge in [-0.05, 0) is 22.8 Å². The number of quaternary nitrogens is 1. The van der Waals surface area contributed by atoms with Gasteiger partial charge in [0.2, 0.25) is 5.60 Å². The molecule has 8 nitrogen and oxygen atoms in total. The van der Waals surface area contributed by atoms with E-state index >= 15 is 0 Å². The molecule has 3 aliphatic heterocycles. The van der Waals surface area contributed by atoms with Gasteiger partial charge in [-0.15, -0.1) is 0 Å². The highest BCUT2D eigenvalue weighted by atomic mass is 16.7.